The van der Waals surface area contributed by atoms with Crippen LogP contribution in [0.15, 0.2) is 54.6 Å². The third-order valence-electron chi connectivity index (χ3n) is 4.72. The highest BCUT2D eigenvalue weighted by molar-refractivity contribution is 5.78. The van der Waals surface area contributed by atoms with Gasteiger partial charge in [0.2, 0.25) is 5.91 Å². The van der Waals surface area contributed by atoms with E-state index in [0.717, 1.165) is 30.9 Å². The second kappa shape index (κ2) is 9.97. The van der Waals surface area contributed by atoms with Crippen molar-refractivity contribution >= 4 is 5.91 Å². The Bertz CT molecular complexity index is 703. The molecule has 5 heteroatoms. The van der Waals surface area contributed by atoms with Crippen LogP contribution < -0.4 is 14.8 Å². The Morgan fingerprint density at radius 3 is 2.48 bits per heavy atom. The highest BCUT2D eigenvalue weighted by Crippen LogP contribution is 2.31. The number of nitrogens with one attached hydrogen (secondary N) is 1. The fourth-order valence-electron chi connectivity index (χ4n) is 3.47. The lowest BCUT2D eigenvalue weighted by molar-refractivity contribution is -0.122. The monoisotopic (exact) mass is 368 g/mol. The van der Waals surface area contributed by atoms with Gasteiger partial charge in [-0.25, -0.2) is 0 Å². The summed E-state index contributed by atoms with van der Waals surface area (Å²) < 4.78 is 11.1. The van der Waals surface area contributed by atoms with Crippen LogP contribution in [0.5, 0.6) is 11.5 Å². The molecule has 1 fully saturated rings. The summed E-state index contributed by atoms with van der Waals surface area (Å²) in [6, 6.07) is 18.3. The Morgan fingerprint density at radius 2 is 1.78 bits per heavy atom. The smallest absolute Gasteiger partial charge is 0.234 e. The normalized spacial score (nSPS) is 16.9. The van der Waals surface area contributed by atoms with Crippen LogP contribution in [0.3, 0.4) is 0 Å². The third kappa shape index (κ3) is 5.73. The molecule has 1 heterocycles. The minimum Gasteiger partial charge on any atom is -0.494 e. The lowest BCUT2D eigenvalue weighted by Gasteiger charge is -2.24. The summed E-state index contributed by atoms with van der Waals surface area (Å²) in [4.78, 5) is 14.5. The highest BCUT2D eigenvalue weighted by atomic mass is 16.5. The molecule has 0 aliphatic carbocycles. The van der Waals surface area contributed by atoms with Crippen LogP contribution >= 0.6 is 0 Å². The minimum atomic E-state index is 0.0492. The van der Waals surface area contributed by atoms with Crippen LogP contribution in [-0.4, -0.2) is 43.7 Å². The van der Waals surface area contributed by atoms with Crippen LogP contribution in [0.2, 0.25) is 0 Å². The van der Waals surface area contributed by atoms with Crippen LogP contribution in [0.4, 0.5) is 0 Å². The van der Waals surface area contributed by atoms with Gasteiger partial charge in [-0.3, -0.25) is 9.69 Å². The first-order valence-corrected chi connectivity index (χ1v) is 9.67. The van der Waals surface area contributed by atoms with Gasteiger partial charge in [-0.2, -0.15) is 0 Å². The van der Waals surface area contributed by atoms with Crippen molar-refractivity contribution in [1.29, 1.82) is 0 Å². The zero-order valence-electron chi connectivity index (χ0n) is 15.9. The van der Waals surface area contributed by atoms with Gasteiger partial charge in [-0.05, 0) is 56.1 Å². The Kier molecular flexibility index (Phi) is 7.11. The predicted molar refractivity (Wildman–Crippen MR) is 106 cm³/mol. The summed E-state index contributed by atoms with van der Waals surface area (Å²) in [7, 11) is 0. The van der Waals surface area contributed by atoms with Gasteiger partial charge in [0.05, 0.1) is 19.7 Å². The van der Waals surface area contributed by atoms with Gasteiger partial charge >= 0.3 is 0 Å². The van der Waals surface area contributed by atoms with E-state index in [1.54, 1.807) is 0 Å². The van der Waals surface area contributed by atoms with Gasteiger partial charge in [0.1, 0.15) is 18.1 Å². The number of benzene rings is 2. The molecule has 2 aromatic carbocycles. The van der Waals surface area contributed by atoms with Gasteiger partial charge in [0.25, 0.3) is 0 Å². The first-order valence-electron chi connectivity index (χ1n) is 9.67. The average molecular weight is 368 g/mol. The molecular weight excluding hydrogens is 340 g/mol. The minimum absolute atomic E-state index is 0.0492. The van der Waals surface area contributed by atoms with Crippen molar-refractivity contribution < 1.29 is 14.3 Å². The fraction of sp³-hybridized carbons (Fsp3) is 0.409. The first kappa shape index (κ1) is 19.2. The molecule has 0 bridgehead atoms. The molecule has 27 heavy (non-hydrogen) atoms. The molecule has 1 amide bonds. The standard InChI is InChI=1S/C22H28N2O3/c1-2-26-19-10-12-20(13-11-19)27-16-14-23-22(25)17-24-15-6-9-21(24)18-7-4-3-5-8-18/h3-5,7-8,10-13,21H,2,6,9,14-17H2,1H3,(H,23,25). The predicted octanol–water partition coefficient (Wildman–Crippen LogP) is 3.42. The largest absolute Gasteiger partial charge is 0.494 e. The molecular formula is C22H28N2O3. The van der Waals surface area contributed by atoms with Crippen molar-refractivity contribution in [3.05, 3.63) is 60.2 Å². The van der Waals surface area contributed by atoms with Gasteiger partial charge in [-0.15, -0.1) is 0 Å². The summed E-state index contributed by atoms with van der Waals surface area (Å²) in [6.07, 6.45) is 2.24. The molecule has 1 aliphatic rings. The maximum Gasteiger partial charge on any atom is 0.234 e. The Balaban J connectivity index is 1.38. The summed E-state index contributed by atoms with van der Waals surface area (Å²) in [6.45, 7) is 4.95. The third-order valence-corrected chi connectivity index (χ3v) is 4.72. The van der Waals surface area contributed by atoms with E-state index in [0.29, 0.717) is 32.3 Å². The number of amides is 1. The quantitative estimate of drug-likeness (QED) is 0.689. The Labute approximate surface area is 161 Å². The van der Waals surface area contributed by atoms with Crippen molar-refractivity contribution in [3.63, 3.8) is 0 Å². The van der Waals surface area contributed by atoms with E-state index in [4.69, 9.17) is 9.47 Å². The molecule has 1 aliphatic heterocycles. The number of likely N-dealkylation sites (tertiary alicyclic amines) is 1. The van der Waals surface area contributed by atoms with E-state index in [-0.39, 0.29) is 5.91 Å². The molecule has 0 radical (unpaired) electrons. The summed E-state index contributed by atoms with van der Waals surface area (Å²) >= 11 is 0. The molecule has 1 N–H and O–H groups in total. The second-order valence-corrected chi connectivity index (χ2v) is 6.64. The molecule has 1 unspecified atom stereocenters. The van der Waals surface area contributed by atoms with Crippen molar-refractivity contribution in [2.45, 2.75) is 25.8 Å². The van der Waals surface area contributed by atoms with Crippen LogP contribution in [0.1, 0.15) is 31.4 Å². The average Bonchev–Trinajstić information content (AvgIpc) is 3.15. The maximum atomic E-state index is 12.3. The van der Waals surface area contributed by atoms with Crippen molar-refractivity contribution in [2.24, 2.45) is 0 Å². The number of ether oxygens (including phenoxy) is 2. The zero-order valence-corrected chi connectivity index (χ0v) is 15.9. The molecule has 1 atom stereocenters. The molecule has 2 aromatic rings. The number of nitrogens with zero attached hydrogens (tertiary/aromatic N) is 1. The van der Waals surface area contributed by atoms with E-state index in [2.05, 4.69) is 34.5 Å². The lowest BCUT2D eigenvalue weighted by atomic mass is 10.0. The number of hydrogen-bond donors (Lipinski definition) is 1. The number of hydrogen-bond acceptors (Lipinski definition) is 4. The van der Waals surface area contributed by atoms with Gasteiger partial charge < -0.3 is 14.8 Å². The SMILES string of the molecule is CCOc1ccc(OCCNC(=O)CN2CCCC2c2ccccc2)cc1. The van der Waals surface area contributed by atoms with Crippen LogP contribution in [0.25, 0.3) is 0 Å². The highest BCUT2D eigenvalue weighted by Gasteiger charge is 2.27. The molecule has 5 nitrogen and oxygen atoms in total. The molecule has 144 valence electrons. The maximum absolute atomic E-state index is 12.3. The Hall–Kier alpha value is -2.53. The number of carbonyl (C=O) groups is 1. The van der Waals surface area contributed by atoms with Crippen molar-refractivity contribution in [1.82, 2.24) is 10.2 Å². The van der Waals surface area contributed by atoms with E-state index in [9.17, 15) is 4.79 Å². The van der Waals surface area contributed by atoms with E-state index in [1.807, 2.05) is 37.3 Å². The van der Waals surface area contributed by atoms with Gasteiger partial charge in [0, 0.05) is 6.04 Å². The summed E-state index contributed by atoms with van der Waals surface area (Å²) in [5.41, 5.74) is 1.29. The number of carbonyl (C=O) groups excluding carboxylic acids is 1. The molecule has 3 rings (SSSR count). The molecule has 1 saturated heterocycles. The molecule has 0 spiro atoms. The summed E-state index contributed by atoms with van der Waals surface area (Å²) in [5, 5.41) is 2.95. The van der Waals surface area contributed by atoms with E-state index in [1.165, 1.54) is 5.56 Å². The zero-order chi connectivity index (χ0) is 18.9. The fourth-order valence-corrected chi connectivity index (χ4v) is 3.47. The topological polar surface area (TPSA) is 50.8 Å². The van der Waals surface area contributed by atoms with Crippen molar-refractivity contribution in [3.8, 4) is 11.5 Å². The van der Waals surface area contributed by atoms with Gasteiger partial charge in [0.15, 0.2) is 0 Å². The second-order valence-electron chi connectivity index (χ2n) is 6.64. The van der Waals surface area contributed by atoms with Gasteiger partial charge in [-0.1, -0.05) is 30.3 Å². The van der Waals surface area contributed by atoms with Crippen LogP contribution in [-0.2, 0) is 4.79 Å². The molecule has 0 aromatic heterocycles. The Morgan fingerprint density at radius 1 is 1.07 bits per heavy atom. The van der Waals surface area contributed by atoms with Crippen molar-refractivity contribution in [2.75, 3.05) is 32.8 Å². The van der Waals surface area contributed by atoms with E-state index >= 15 is 0 Å². The van der Waals surface area contributed by atoms with E-state index < -0.39 is 0 Å². The lowest BCUT2D eigenvalue weighted by Crippen LogP contribution is -2.38. The first-order chi connectivity index (χ1) is 13.3. The molecule has 0 saturated carbocycles. The summed E-state index contributed by atoms with van der Waals surface area (Å²) in [5.74, 6) is 1.65. The number of rotatable bonds is 9. The van der Waals surface area contributed by atoms with Crippen LogP contribution in [0, 0.1) is 0 Å².